The number of hydrogen-bond acceptors (Lipinski definition) is 7. The smallest absolute Gasteiger partial charge is 0.433 e. The predicted molar refractivity (Wildman–Crippen MR) is 84.5 cm³/mol. The van der Waals surface area contributed by atoms with Crippen LogP contribution in [0.5, 0.6) is 11.5 Å². The second kappa shape index (κ2) is 6.75. The highest BCUT2D eigenvalue weighted by Gasteiger charge is 2.17. The lowest BCUT2D eigenvalue weighted by Crippen LogP contribution is -2.01. The molecule has 124 valence electrons. The van der Waals surface area contributed by atoms with Gasteiger partial charge in [-0.2, -0.15) is 0 Å². The number of furan rings is 1. The molecule has 9 heteroatoms. The SMILES string of the molecule is O=C(/C=C/c1ccc([N+](=O)[O-])o1)OCc1cc2c(cc1Br)OCO2. The van der Waals surface area contributed by atoms with Crippen molar-refractivity contribution in [1.29, 1.82) is 0 Å². The topological polar surface area (TPSA) is 101 Å². The van der Waals surface area contributed by atoms with Gasteiger partial charge in [0, 0.05) is 16.1 Å². The van der Waals surface area contributed by atoms with Gasteiger partial charge in [-0.3, -0.25) is 10.1 Å². The summed E-state index contributed by atoms with van der Waals surface area (Å²) in [5.74, 6) is 0.382. The van der Waals surface area contributed by atoms with Gasteiger partial charge in [0.2, 0.25) is 6.79 Å². The zero-order valence-corrected chi connectivity index (χ0v) is 13.6. The Morgan fingerprint density at radius 2 is 2.08 bits per heavy atom. The van der Waals surface area contributed by atoms with Crippen LogP contribution in [-0.4, -0.2) is 17.7 Å². The molecule has 1 aromatic carbocycles. The second-order valence-corrected chi connectivity index (χ2v) is 5.53. The summed E-state index contributed by atoms with van der Waals surface area (Å²) < 4.78 is 21.2. The van der Waals surface area contributed by atoms with E-state index in [1.54, 1.807) is 12.1 Å². The second-order valence-electron chi connectivity index (χ2n) is 4.67. The van der Waals surface area contributed by atoms with Crippen LogP contribution in [0.15, 0.2) is 39.2 Å². The summed E-state index contributed by atoms with van der Waals surface area (Å²) in [6, 6.07) is 6.05. The first kappa shape index (κ1) is 16.1. The van der Waals surface area contributed by atoms with Crippen molar-refractivity contribution in [3.05, 3.63) is 56.3 Å². The van der Waals surface area contributed by atoms with Crippen LogP contribution in [0, 0.1) is 10.1 Å². The summed E-state index contributed by atoms with van der Waals surface area (Å²) in [5.41, 5.74) is 0.717. The molecule has 8 nitrogen and oxygen atoms in total. The summed E-state index contributed by atoms with van der Waals surface area (Å²) in [5, 5.41) is 10.5. The third-order valence-electron chi connectivity index (χ3n) is 3.09. The van der Waals surface area contributed by atoms with Gasteiger partial charge in [-0.25, -0.2) is 4.79 Å². The number of esters is 1. The van der Waals surface area contributed by atoms with Crippen molar-refractivity contribution in [3.8, 4) is 11.5 Å². The molecule has 0 atom stereocenters. The number of nitrogens with zero attached hydrogens (tertiary/aromatic N) is 1. The number of rotatable bonds is 5. The first-order valence-electron chi connectivity index (χ1n) is 6.70. The molecule has 1 aliphatic rings. The number of benzene rings is 1. The minimum atomic E-state index is -0.660. The first-order valence-corrected chi connectivity index (χ1v) is 7.49. The van der Waals surface area contributed by atoms with E-state index in [1.165, 1.54) is 18.2 Å². The Bertz CT molecular complexity index is 827. The van der Waals surface area contributed by atoms with Crippen molar-refractivity contribution in [3.63, 3.8) is 0 Å². The van der Waals surface area contributed by atoms with Gasteiger partial charge in [0.1, 0.15) is 17.3 Å². The maximum atomic E-state index is 11.7. The molecular weight excluding hydrogens is 386 g/mol. The Morgan fingerprint density at radius 1 is 1.33 bits per heavy atom. The molecule has 0 fully saturated rings. The van der Waals surface area contributed by atoms with Crippen LogP contribution in [-0.2, 0) is 16.1 Å². The van der Waals surface area contributed by atoms with Crippen LogP contribution >= 0.6 is 15.9 Å². The van der Waals surface area contributed by atoms with Crippen LogP contribution in [0.1, 0.15) is 11.3 Å². The van der Waals surface area contributed by atoms with E-state index in [0.717, 1.165) is 16.1 Å². The van der Waals surface area contributed by atoms with Crippen molar-refractivity contribution in [2.24, 2.45) is 0 Å². The average molecular weight is 396 g/mol. The molecule has 0 radical (unpaired) electrons. The molecule has 0 aliphatic carbocycles. The van der Waals surface area contributed by atoms with E-state index >= 15 is 0 Å². The van der Waals surface area contributed by atoms with Crippen LogP contribution in [0.25, 0.3) is 6.08 Å². The standard InChI is InChI=1S/C15H10BrNO7/c16-11-6-13-12(22-8-23-13)5-9(11)7-21-15(18)4-2-10-1-3-14(24-10)17(19)20/h1-6H,7-8H2/b4-2+. The van der Waals surface area contributed by atoms with E-state index in [1.807, 2.05) is 0 Å². The van der Waals surface area contributed by atoms with Gasteiger partial charge in [-0.1, -0.05) is 15.9 Å². The number of carbonyl (C=O) groups is 1. The molecular formula is C15H10BrNO7. The van der Waals surface area contributed by atoms with Crippen molar-refractivity contribution in [2.75, 3.05) is 6.79 Å². The molecule has 3 rings (SSSR count). The number of carbonyl (C=O) groups excluding carboxylic acids is 1. The molecule has 0 unspecified atom stereocenters. The van der Waals surface area contributed by atoms with Gasteiger partial charge in [0.05, 0.1) is 6.07 Å². The molecule has 0 saturated carbocycles. The van der Waals surface area contributed by atoms with E-state index in [4.69, 9.17) is 18.6 Å². The number of halogens is 1. The number of fused-ring (bicyclic) bond motifs is 1. The fourth-order valence-corrected chi connectivity index (χ4v) is 2.38. The van der Waals surface area contributed by atoms with Crippen molar-refractivity contribution in [2.45, 2.75) is 6.61 Å². The van der Waals surface area contributed by atoms with E-state index < -0.39 is 16.8 Å². The summed E-state index contributed by atoms with van der Waals surface area (Å²) in [6.45, 7) is 0.182. The molecule has 1 aliphatic heterocycles. The predicted octanol–water partition coefficient (Wildman–Crippen LogP) is 3.44. The Hall–Kier alpha value is -2.81. The fraction of sp³-hybridized carbons (Fsp3) is 0.133. The normalized spacial score (nSPS) is 12.5. The molecule has 0 spiro atoms. The Kier molecular flexibility index (Phi) is 4.52. The van der Waals surface area contributed by atoms with Gasteiger partial charge >= 0.3 is 11.9 Å². The van der Waals surface area contributed by atoms with E-state index in [2.05, 4.69) is 15.9 Å². The number of ether oxygens (including phenoxy) is 3. The minimum absolute atomic E-state index is 0.0265. The first-order chi connectivity index (χ1) is 11.5. The lowest BCUT2D eigenvalue weighted by atomic mass is 10.2. The molecule has 24 heavy (non-hydrogen) atoms. The molecule has 0 bridgehead atoms. The zero-order chi connectivity index (χ0) is 17.1. The van der Waals surface area contributed by atoms with Gasteiger partial charge < -0.3 is 18.6 Å². The number of nitro groups is 1. The number of hydrogen-bond donors (Lipinski definition) is 0. The van der Waals surface area contributed by atoms with Crippen molar-refractivity contribution >= 4 is 33.9 Å². The van der Waals surface area contributed by atoms with Gasteiger partial charge in [0.15, 0.2) is 11.5 Å². The molecule has 0 N–H and O–H groups in total. The van der Waals surface area contributed by atoms with E-state index in [9.17, 15) is 14.9 Å². The Morgan fingerprint density at radius 3 is 2.79 bits per heavy atom. The van der Waals surface area contributed by atoms with Gasteiger partial charge in [-0.05, 0) is 24.3 Å². The summed E-state index contributed by atoms with van der Waals surface area (Å²) >= 11 is 3.37. The maximum absolute atomic E-state index is 11.7. The minimum Gasteiger partial charge on any atom is -0.458 e. The fourth-order valence-electron chi connectivity index (χ4n) is 1.95. The van der Waals surface area contributed by atoms with E-state index in [-0.39, 0.29) is 19.2 Å². The highest BCUT2D eigenvalue weighted by Crippen LogP contribution is 2.37. The average Bonchev–Trinajstić information content (AvgIpc) is 3.19. The molecule has 2 heterocycles. The molecule has 1 aromatic heterocycles. The largest absolute Gasteiger partial charge is 0.458 e. The molecule has 0 amide bonds. The lowest BCUT2D eigenvalue weighted by Gasteiger charge is -2.06. The van der Waals surface area contributed by atoms with Crippen LogP contribution in [0.4, 0.5) is 5.88 Å². The van der Waals surface area contributed by atoms with Gasteiger partial charge in [0.25, 0.3) is 0 Å². The summed E-state index contributed by atoms with van der Waals surface area (Å²) in [6.07, 6.45) is 2.42. The lowest BCUT2D eigenvalue weighted by molar-refractivity contribution is -0.402. The molecule has 0 saturated heterocycles. The highest BCUT2D eigenvalue weighted by atomic mass is 79.9. The van der Waals surface area contributed by atoms with Crippen LogP contribution in [0.3, 0.4) is 0 Å². The third kappa shape index (κ3) is 3.57. The highest BCUT2D eigenvalue weighted by molar-refractivity contribution is 9.10. The maximum Gasteiger partial charge on any atom is 0.433 e. The van der Waals surface area contributed by atoms with Crippen molar-refractivity contribution in [1.82, 2.24) is 0 Å². The van der Waals surface area contributed by atoms with Crippen LogP contribution < -0.4 is 9.47 Å². The Labute approximate surface area is 143 Å². The van der Waals surface area contributed by atoms with Gasteiger partial charge in [-0.15, -0.1) is 0 Å². The monoisotopic (exact) mass is 395 g/mol. The quantitative estimate of drug-likeness (QED) is 0.330. The summed E-state index contributed by atoms with van der Waals surface area (Å²) in [7, 11) is 0. The Balaban J connectivity index is 1.59. The van der Waals surface area contributed by atoms with E-state index in [0.29, 0.717) is 11.5 Å². The zero-order valence-electron chi connectivity index (χ0n) is 12.1. The summed E-state index contributed by atoms with van der Waals surface area (Å²) in [4.78, 5) is 21.6. The van der Waals surface area contributed by atoms with Crippen LogP contribution in [0.2, 0.25) is 0 Å². The molecule has 2 aromatic rings. The third-order valence-corrected chi connectivity index (χ3v) is 3.83. The van der Waals surface area contributed by atoms with Crippen molar-refractivity contribution < 1.29 is 28.3 Å².